The van der Waals surface area contributed by atoms with E-state index in [4.69, 9.17) is 0 Å². The molecular formula is C14H14O3S. The van der Waals surface area contributed by atoms with Gasteiger partial charge in [0.1, 0.15) is 11.7 Å². The van der Waals surface area contributed by atoms with Crippen LogP contribution in [0.3, 0.4) is 0 Å². The van der Waals surface area contributed by atoms with Crippen molar-refractivity contribution in [2.24, 2.45) is 5.92 Å². The Morgan fingerprint density at radius 3 is 2.56 bits per heavy atom. The molecule has 0 aliphatic carbocycles. The molecule has 0 aliphatic heterocycles. The lowest BCUT2D eigenvalue weighted by atomic mass is 10.0. The molecule has 0 aliphatic rings. The molecule has 0 bridgehead atoms. The summed E-state index contributed by atoms with van der Waals surface area (Å²) in [6, 6.07) is 9.68. The number of esters is 1. The number of hydrogen-bond donors (Lipinski definition) is 0. The van der Waals surface area contributed by atoms with Crippen molar-refractivity contribution in [3.8, 4) is 11.2 Å². The average Bonchev–Trinajstić information content (AvgIpc) is 2.38. The zero-order valence-electron chi connectivity index (χ0n) is 10.3. The Balaban J connectivity index is 2.53. The summed E-state index contributed by atoms with van der Waals surface area (Å²) in [4.78, 5) is 23.6. The van der Waals surface area contributed by atoms with Crippen LogP contribution in [0.15, 0.2) is 35.2 Å². The first-order valence-electron chi connectivity index (χ1n) is 5.43. The molecule has 0 amide bonds. The average molecular weight is 262 g/mol. The summed E-state index contributed by atoms with van der Waals surface area (Å²) in [5, 5.41) is 2.87. The lowest BCUT2D eigenvalue weighted by Gasteiger charge is -2.06. The third kappa shape index (κ3) is 4.64. The predicted molar refractivity (Wildman–Crippen MR) is 70.9 cm³/mol. The van der Waals surface area contributed by atoms with Gasteiger partial charge in [0.15, 0.2) is 0 Å². The largest absolute Gasteiger partial charge is 0.468 e. The molecule has 4 heteroatoms. The summed E-state index contributed by atoms with van der Waals surface area (Å²) in [7, 11) is 1.27. The summed E-state index contributed by atoms with van der Waals surface area (Å²) in [5.74, 6) is 1.30. The summed E-state index contributed by atoms with van der Waals surface area (Å²) >= 11 is 1.37. The molecule has 1 aromatic carbocycles. The van der Waals surface area contributed by atoms with Crippen molar-refractivity contribution in [1.29, 1.82) is 0 Å². The second-order valence-electron chi connectivity index (χ2n) is 3.58. The van der Waals surface area contributed by atoms with Crippen molar-refractivity contribution >= 4 is 23.5 Å². The number of rotatable bonds is 4. The van der Waals surface area contributed by atoms with Crippen LogP contribution >= 0.6 is 11.8 Å². The van der Waals surface area contributed by atoms with Gasteiger partial charge in [0.25, 0.3) is 0 Å². The molecule has 0 N–H and O–H groups in total. The second kappa shape index (κ2) is 7.57. The van der Waals surface area contributed by atoms with Crippen LogP contribution in [-0.4, -0.2) is 18.9 Å². The quantitative estimate of drug-likeness (QED) is 0.362. The highest BCUT2D eigenvalue weighted by molar-refractivity contribution is 8.03. The SMILES string of the molecule is COC(=O)C(CC#CSc1ccccc1)C(C)=O. The van der Waals surface area contributed by atoms with Crippen LogP contribution in [0.5, 0.6) is 0 Å². The summed E-state index contributed by atoms with van der Waals surface area (Å²) in [5.41, 5.74) is 0. The van der Waals surface area contributed by atoms with E-state index in [1.165, 1.54) is 25.8 Å². The summed E-state index contributed by atoms with van der Waals surface area (Å²) < 4.78 is 4.55. The Morgan fingerprint density at radius 1 is 1.33 bits per heavy atom. The van der Waals surface area contributed by atoms with E-state index in [1.807, 2.05) is 30.3 Å². The zero-order valence-corrected chi connectivity index (χ0v) is 11.1. The first kappa shape index (κ1) is 14.3. The molecule has 94 valence electrons. The number of ketones is 1. The first-order valence-corrected chi connectivity index (χ1v) is 6.25. The van der Waals surface area contributed by atoms with Crippen molar-refractivity contribution in [3.63, 3.8) is 0 Å². The van der Waals surface area contributed by atoms with Gasteiger partial charge in [-0.2, -0.15) is 0 Å². The maximum absolute atomic E-state index is 11.3. The Labute approximate surface area is 111 Å². The normalized spacial score (nSPS) is 11.0. The van der Waals surface area contributed by atoms with E-state index < -0.39 is 11.9 Å². The van der Waals surface area contributed by atoms with Crippen LogP contribution in [0.25, 0.3) is 0 Å². The molecule has 0 fully saturated rings. The number of benzene rings is 1. The maximum atomic E-state index is 11.3. The Bertz CT molecular complexity index is 471. The fourth-order valence-electron chi connectivity index (χ4n) is 1.26. The van der Waals surface area contributed by atoms with Crippen LogP contribution in [-0.2, 0) is 14.3 Å². The van der Waals surface area contributed by atoms with E-state index in [-0.39, 0.29) is 12.2 Å². The van der Waals surface area contributed by atoms with Crippen molar-refractivity contribution in [2.75, 3.05) is 7.11 Å². The number of carbonyl (C=O) groups excluding carboxylic acids is 2. The fourth-order valence-corrected chi connectivity index (χ4v) is 1.83. The minimum Gasteiger partial charge on any atom is -0.468 e. The molecule has 0 heterocycles. The standard InChI is InChI=1S/C14H14O3S/c1-11(15)13(14(16)17-2)9-6-10-18-12-7-4-3-5-8-12/h3-5,7-8,13H,9H2,1-2H3. The monoisotopic (exact) mass is 262 g/mol. The molecule has 1 aromatic rings. The molecule has 0 saturated heterocycles. The van der Waals surface area contributed by atoms with E-state index >= 15 is 0 Å². The molecule has 18 heavy (non-hydrogen) atoms. The second-order valence-corrected chi connectivity index (χ2v) is 4.46. The van der Waals surface area contributed by atoms with Crippen molar-refractivity contribution in [1.82, 2.24) is 0 Å². The van der Waals surface area contributed by atoms with Crippen molar-refractivity contribution < 1.29 is 14.3 Å². The smallest absolute Gasteiger partial charge is 0.317 e. The number of carbonyl (C=O) groups is 2. The number of ether oxygens (including phenoxy) is 1. The van der Waals surface area contributed by atoms with Gasteiger partial charge in [0.2, 0.25) is 0 Å². The maximum Gasteiger partial charge on any atom is 0.317 e. The van der Waals surface area contributed by atoms with Crippen LogP contribution in [0.1, 0.15) is 13.3 Å². The summed E-state index contributed by atoms with van der Waals surface area (Å²) in [6.45, 7) is 1.37. The number of methoxy groups -OCH3 is 1. The lowest BCUT2D eigenvalue weighted by Crippen LogP contribution is -2.22. The van der Waals surface area contributed by atoms with E-state index in [0.717, 1.165) is 4.90 Å². The third-order valence-corrected chi connectivity index (χ3v) is 3.02. The van der Waals surface area contributed by atoms with Crippen molar-refractivity contribution in [2.45, 2.75) is 18.2 Å². The van der Waals surface area contributed by atoms with E-state index in [0.29, 0.717) is 0 Å². The van der Waals surface area contributed by atoms with Crippen LogP contribution < -0.4 is 0 Å². The van der Waals surface area contributed by atoms with E-state index in [1.54, 1.807) is 0 Å². The van der Waals surface area contributed by atoms with Gasteiger partial charge in [-0.3, -0.25) is 9.59 Å². The molecule has 1 atom stereocenters. The highest BCUT2D eigenvalue weighted by Gasteiger charge is 2.22. The van der Waals surface area contributed by atoms with Crippen LogP contribution in [0, 0.1) is 17.1 Å². The highest BCUT2D eigenvalue weighted by atomic mass is 32.2. The molecule has 0 aromatic heterocycles. The number of Topliss-reactive ketones (excluding diaryl/α,β-unsaturated/α-hetero) is 1. The van der Waals surface area contributed by atoms with Gasteiger partial charge in [-0.15, -0.1) is 0 Å². The van der Waals surface area contributed by atoms with Gasteiger partial charge >= 0.3 is 5.97 Å². The van der Waals surface area contributed by atoms with Gasteiger partial charge < -0.3 is 4.74 Å². The van der Waals surface area contributed by atoms with Gasteiger partial charge in [-0.1, -0.05) is 24.1 Å². The molecular weight excluding hydrogens is 248 g/mol. The fraction of sp³-hybridized carbons (Fsp3) is 0.286. The minimum atomic E-state index is -0.779. The molecule has 0 spiro atoms. The Kier molecular flexibility index (Phi) is 6.03. The number of hydrogen-bond acceptors (Lipinski definition) is 4. The minimum absolute atomic E-state index is 0.196. The summed E-state index contributed by atoms with van der Waals surface area (Å²) in [6.07, 6.45) is 0.196. The first-order chi connectivity index (χ1) is 8.65. The van der Waals surface area contributed by atoms with Crippen LogP contribution in [0.4, 0.5) is 0 Å². The number of thioether (sulfide) groups is 1. The van der Waals surface area contributed by atoms with Crippen LogP contribution in [0.2, 0.25) is 0 Å². The molecule has 1 unspecified atom stereocenters. The van der Waals surface area contributed by atoms with Gasteiger partial charge in [0.05, 0.1) is 7.11 Å². The van der Waals surface area contributed by atoms with E-state index in [2.05, 4.69) is 15.9 Å². The molecule has 0 saturated carbocycles. The lowest BCUT2D eigenvalue weighted by molar-refractivity contribution is -0.148. The molecule has 0 radical (unpaired) electrons. The van der Waals surface area contributed by atoms with Gasteiger partial charge in [-0.25, -0.2) is 0 Å². The van der Waals surface area contributed by atoms with E-state index in [9.17, 15) is 9.59 Å². The third-order valence-electron chi connectivity index (χ3n) is 2.27. The topological polar surface area (TPSA) is 43.4 Å². The Morgan fingerprint density at radius 2 is 2.00 bits per heavy atom. The van der Waals surface area contributed by atoms with Gasteiger partial charge in [0, 0.05) is 11.3 Å². The zero-order chi connectivity index (χ0) is 13.4. The Hall–Kier alpha value is -1.73. The van der Waals surface area contributed by atoms with Crippen molar-refractivity contribution in [3.05, 3.63) is 30.3 Å². The van der Waals surface area contributed by atoms with Gasteiger partial charge in [-0.05, 0) is 36.1 Å². The highest BCUT2D eigenvalue weighted by Crippen LogP contribution is 2.15. The predicted octanol–water partition coefficient (Wildman–Crippen LogP) is 2.51. The molecule has 1 rings (SSSR count). The molecule has 3 nitrogen and oxygen atoms in total.